The first-order valence-corrected chi connectivity index (χ1v) is 9.86. The number of carbonyl (C=O) groups excluding carboxylic acids is 2. The third-order valence-corrected chi connectivity index (χ3v) is 5.42. The third-order valence-electron chi connectivity index (χ3n) is 5.08. The molecule has 1 aliphatic rings. The molecule has 1 aliphatic heterocycles. The minimum Gasteiger partial charge on any atom is -0.468 e. The van der Waals surface area contributed by atoms with E-state index >= 15 is 0 Å². The van der Waals surface area contributed by atoms with Crippen LogP contribution in [0.3, 0.4) is 0 Å². The predicted octanol–water partition coefficient (Wildman–Crippen LogP) is 3.16. The van der Waals surface area contributed by atoms with Gasteiger partial charge in [0.05, 0.1) is 13.7 Å². The van der Waals surface area contributed by atoms with Gasteiger partial charge < -0.3 is 14.4 Å². The molecular weight excluding hydrogens is 392 g/mol. The zero-order valence-electron chi connectivity index (χ0n) is 16.6. The lowest BCUT2D eigenvalue weighted by molar-refractivity contribution is -0.148. The van der Waals surface area contributed by atoms with Gasteiger partial charge in [0.15, 0.2) is 0 Å². The van der Waals surface area contributed by atoms with Crippen LogP contribution < -0.4 is 0 Å². The number of amides is 1. The van der Waals surface area contributed by atoms with E-state index in [1.54, 1.807) is 13.2 Å². The van der Waals surface area contributed by atoms with E-state index in [2.05, 4.69) is 0 Å². The molecule has 1 heterocycles. The van der Waals surface area contributed by atoms with Crippen molar-refractivity contribution in [2.75, 3.05) is 40.4 Å². The molecule has 0 bridgehead atoms. The van der Waals surface area contributed by atoms with Crippen molar-refractivity contribution >= 4 is 23.5 Å². The second-order valence-electron chi connectivity index (χ2n) is 6.91. The summed E-state index contributed by atoms with van der Waals surface area (Å²) in [5.41, 5.74) is 2.32. The van der Waals surface area contributed by atoms with Crippen LogP contribution in [0, 0.1) is 0 Å². The van der Waals surface area contributed by atoms with Crippen LogP contribution in [-0.2, 0) is 20.9 Å². The van der Waals surface area contributed by atoms with Gasteiger partial charge >= 0.3 is 5.97 Å². The number of benzene rings is 2. The van der Waals surface area contributed by atoms with Crippen LogP contribution in [-0.4, -0.2) is 62.1 Å². The summed E-state index contributed by atoms with van der Waals surface area (Å²) in [6, 6.07) is 14.2. The van der Waals surface area contributed by atoms with Gasteiger partial charge in [-0.2, -0.15) is 0 Å². The molecule has 1 fully saturated rings. The van der Waals surface area contributed by atoms with E-state index in [0.717, 1.165) is 5.56 Å². The summed E-state index contributed by atoms with van der Waals surface area (Å²) in [6.07, 6.45) is 0. The van der Waals surface area contributed by atoms with Crippen LogP contribution in [0.15, 0.2) is 48.5 Å². The Morgan fingerprint density at radius 3 is 2.41 bits per heavy atom. The predicted molar refractivity (Wildman–Crippen MR) is 111 cm³/mol. The Hall–Kier alpha value is -2.41. The van der Waals surface area contributed by atoms with Crippen LogP contribution >= 0.6 is 11.6 Å². The Balaban J connectivity index is 1.71. The summed E-state index contributed by atoms with van der Waals surface area (Å²) in [6.45, 7) is 2.60. The second-order valence-corrected chi connectivity index (χ2v) is 7.32. The topological polar surface area (TPSA) is 59.1 Å². The molecule has 1 amide bonds. The van der Waals surface area contributed by atoms with Crippen LogP contribution in [0.5, 0.6) is 0 Å². The van der Waals surface area contributed by atoms with E-state index in [1.165, 1.54) is 7.11 Å². The minimum atomic E-state index is -0.587. The average Bonchev–Trinajstić information content (AvgIpc) is 2.75. The lowest BCUT2D eigenvalue weighted by atomic mass is 10.0. The van der Waals surface area contributed by atoms with Gasteiger partial charge in [0.25, 0.3) is 5.91 Å². The number of esters is 1. The number of piperazine rings is 1. The second kappa shape index (κ2) is 9.87. The molecule has 0 saturated carbocycles. The highest BCUT2D eigenvalue weighted by molar-refractivity contribution is 6.31. The van der Waals surface area contributed by atoms with Crippen LogP contribution in [0.1, 0.15) is 27.5 Å². The molecule has 1 atom stereocenters. The van der Waals surface area contributed by atoms with E-state index in [4.69, 9.17) is 21.1 Å². The highest BCUT2D eigenvalue weighted by Crippen LogP contribution is 2.29. The number of halogens is 1. The summed E-state index contributed by atoms with van der Waals surface area (Å²) >= 11 is 6.33. The van der Waals surface area contributed by atoms with Crippen LogP contribution in [0.2, 0.25) is 5.02 Å². The quantitative estimate of drug-likeness (QED) is 0.677. The van der Waals surface area contributed by atoms with Crippen molar-refractivity contribution in [1.29, 1.82) is 0 Å². The van der Waals surface area contributed by atoms with Gasteiger partial charge in [0.2, 0.25) is 0 Å². The molecule has 1 unspecified atom stereocenters. The van der Waals surface area contributed by atoms with E-state index in [-0.39, 0.29) is 11.9 Å². The summed E-state index contributed by atoms with van der Waals surface area (Å²) in [5.74, 6) is -0.375. The number of hydrogen-bond donors (Lipinski definition) is 0. The maximum Gasteiger partial charge on any atom is 0.327 e. The molecule has 7 heteroatoms. The van der Waals surface area contributed by atoms with Crippen LogP contribution in [0.4, 0.5) is 0 Å². The molecule has 0 radical (unpaired) electrons. The first-order valence-electron chi connectivity index (χ1n) is 9.48. The molecule has 3 rings (SSSR count). The molecule has 2 aromatic rings. The monoisotopic (exact) mass is 416 g/mol. The van der Waals surface area contributed by atoms with Gasteiger partial charge in [-0.3, -0.25) is 9.69 Å². The number of nitrogens with zero attached hydrogens (tertiary/aromatic N) is 2. The molecule has 0 aromatic heterocycles. The van der Waals surface area contributed by atoms with Gasteiger partial charge in [-0.25, -0.2) is 4.79 Å². The van der Waals surface area contributed by atoms with Crippen LogP contribution in [0.25, 0.3) is 0 Å². The minimum absolute atomic E-state index is 0.0186. The van der Waals surface area contributed by atoms with E-state index in [0.29, 0.717) is 48.9 Å². The molecule has 0 spiro atoms. The number of ether oxygens (including phenoxy) is 2. The third kappa shape index (κ3) is 4.96. The maximum atomic E-state index is 12.9. The molecule has 0 aliphatic carbocycles. The smallest absolute Gasteiger partial charge is 0.327 e. The fourth-order valence-electron chi connectivity index (χ4n) is 3.61. The fraction of sp³-hybridized carbons (Fsp3) is 0.364. The molecule has 29 heavy (non-hydrogen) atoms. The zero-order chi connectivity index (χ0) is 20.8. The molecule has 0 N–H and O–H groups in total. The van der Waals surface area contributed by atoms with Gasteiger partial charge in [-0.05, 0) is 29.3 Å². The number of hydrogen-bond acceptors (Lipinski definition) is 5. The molecule has 1 saturated heterocycles. The van der Waals surface area contributed by atoms with Crippen molar-refractivity contribution in [2.24, 2.45) is 0 Å². The van der Waals surface area contributed by atoms with E-state index < -0.39 is 6.04 Å². The first-order chi connectivity index (χ1) is 14.0. The van der Waals surface area contributed by atoms with Crippen molar-refractivity contribution in [3.8, 4) is 0 Å². The normalized spacial score (nSPS) is 15.8. The first kappa shape index (κ1) is 21.3. The Labute approximate surface area is 176 Å². The van der Waals surface area contributed by atoms with E-state index in [9.17, 15) is 9.59 Å². The fourth-order valence-corrected chi connectivity index (χ4v) is 3.85. The Morgan fingerprint density at radius 1 is 1.03 bits per heavy atom. The number of carbonyl (C=O) groups is 2. The molecule has 6 nitrogen and oxygen atoms in total. The highest BCUT2D eigenvalue weighted by atomic mass is 35.5. The Morgan fingerprint density at radius 2 is 1.76 bits per heavy atom. The van der Waals surface area contributed by atoms with Crippen molar-refractivity contribution in [1.82, 2.24) is 9.80 Å². The van der Waals surface area contributed by atoms with E-state index in [1.807, 2.05) is 52.3 Å². The molecule has 2 aromatic carbocycles. The SMILES string of the molecule is COCc1cccc(C(=O)N2CCN(C(C(=O)OC)c3ccccc3Cl)CC2)c1. The van der Waals surface area contributed by atoms with Crippen molar-refractivity contribution in [2.45, 2.75) is 12.6 Å². The highest BCUT2D eigenvalue weighted by Gasteiger charge is 2.33. The lowest BCUT2D eigenvalue weighted by Crippen LogP contribution is -2.51. The molecular formula is C22H25ClN2O4. The molecule has 154 valence electrons. The van der Waals surface area contributed by atoms with Crippen molar-refractivity contribution in [3.05, 3.63) is 70.2 Å². The summed E-state index contributed by atoms with van der Waals surface area (Å²) < 4.78 is 10.2. The van der Waals surface area contributed by atoms with Crippen molar-refractivity contribution < 1.29 is 19.1 Å². The summed E-state index contributed by atoms with van der Waals surface area (Å²) in [7, 11) is 3.00. The Bertz CT molecular complexity index is 865. The summed E-state index contributed by atoms with van der Waals surface area (Å²) in [5, 5.41) is 0.524. The van der Waals surface area contributed by atoms with Gasteiger partial charge in [0, 0.05) is 43.9 Å². The maximum absolute atomic E-state index is 12.9. The zero-order valence-corrected chi connectivity index (χ0v) is 17.4. The Kier molecular flexibility index (Phi) is 7.25. The standard InChI is InChI=1S/C22H25ClN2O4/c1-28-15-16-6-5-7-17(14-16)21(26)25-12-10-24(11-13-25)20(22(27)29-2)18-8-3-4-9-19(18)23/h3-9,14,20H,10-13,15H2,1-2H3. The van der Waals surface area contributed by atoms with Gasteiger partial charge in [0.1, 0.15) is 6.04 Å². The number of methoxy groups -OCH3 is 2. The summed E-state index contributed by atoms with van der Waals surface area (Å²) in [4.78, 5) is 29.2. The van der Waals surface area contributed by atoms with Gasteiger partial charge in [-0.1, -0.05) is 41.9 Å². The largest absolute Gasteiger partial charge is 0.468 e. The lowest BCUT2D eigenvalue weighted by Gasteiger charge is -2.38. The average molecular weight is 417 g/mol. The number of rotatable bonds is 6. The van der Waals surface area contributed by atoms with Gasteiger partial charge in [-0.15, -0.1) is 0 Å². The van der Waals surface area contributed by atoms with Crippen molar-refractivity contribution in [3.63, 3.8) is 0 Å².